The fourth-order valence-electron chi connectivity index (χ4n) is 2.40. The second kappa shape index (κ2) is 8.40. The molecule has 8 nitrogen and oxygen atoms in total. The molecule has 0 aliphatic rings. The number of ether oxygens (including phenoxy) is 1. The minimum Gasteiger partial charge on any atom is -0.458 e. The van der Waals surface area contributed by atoms with E-state index in [1.807, 2.05) is 66.0 Å². The molecule has 0 saturated carbocycles. The molecule has 0 aliphatic heterocycles. The summed E-state index contributed by atoms with van der Waals surface area (Å²) in [5.74, 6) is 0.00658. The first-order chi connectivity index (χ1) is 13.8. The molecule has 0 fully saturated rings. The number of rotatable bonds is 7. The van der Waals surface area contributed by atoms with E-state index in [-0.39, 0.29) is 13.2 Å². The molecule has 2 heterocycles. The normalized spacial score (nSPS) is 10.6. The van der Waals surface area contributed by atoms with Crippen molar-refractivity contribution < 1.29 is 9.53 Å². The van der Waals surface area contributed by atoms with E-state index < -0.39 is 5.97 Å². The highest BCUT2D eigenvalue weighted by Crippen LogP contribution is 2.21. The molecule has 4 rings (SSSR count). The SMILES string of the molecule is O=C(Cn1nnc(-c2ccccc2)n1)OCc1csc(Nc2ccccc2)n1. The van der Waals surface area contributed by atoms with Gasteiger partial charge in [-0.05, 0) is 17.3 Å². The van der Waals surface area contributed by atoms with Crippen LogP contribution in [0.4, 0.5) is 10.8 Å². The van der Waals surface area contributed by atoms with Gasteiger partial charge in [0.15, 0.2) is 11.7 Å². The van der Waals surface area contributed by atoms with E-state index in [1.54, 1.807) is 0 Å². The molecule has 9 heteroatoms. The minimum absolute atomic E-state index is 0.0893. The molecule has 0 bridgehead atoms. The van der Waals surface area contributed by atoms with Crippen LogP contribution < -0.4 is 5.32 Å². The Balaban J connectivity index is 1.29. The maximum Gasteiger partial charge on any atom is 0.330 e. The number of carbonyl (C=O) groups excluding carboxylic acids is 1. The first-order valence-electron chi connectivity index (χ1n) is 8.51. The van der Waals surface area contributed by atoms with Crippen molar-refractivity contribution >= 4 is 28.1 Å². The number of carbonyl (C=O) groups is 1. The van der Waals surface area contributed by atoms with Gasteiger partial charge in [0.2, 0.25) is 5.82 Å². The number of hydrogen-bond donors (Lipinski definition) is 1. The zero-order valence-electron chi connectivity index (χ0n) is 14.7. The minimum atomic E-state index is -0.456. The van der Waals surface area contributed by atoms with Crippen molar-refractivity contribution in [3.8, 4) is 11.4 Å². The van der Waals surface area contributed by atoms with Crippen molar-refractivity contribution in [2.75, 3.05) is 5.32 Å². The number of hydrogen-bond acceptors (Lipinski definition) is 8. The van der Waals surface area contributed by atoms with Gasteiger partial charge in [0.1, 0.15) is 6.61 Å². The molecule has 2 aromatic heterocycles. The lowest BCUT2D eigenvalue weighted by atomic mass is 10.2. The molecule has 0 saturated heterocycles. The third kappa shape index (κ3) is 4.57. The highest BCUT2D eigenvalue weighted by molar-refractivity contribution is 7.13. The van der Waals surface area contributed by atoms with Crippen LogP contribution in [0.15, 0.2) is 66.0 Å². The summed E-state index contributed by atoms with van der Waals surface area (Å²) in [5.41, 5.74) is 2.46. The number of esters is 1. The number of tetrazole rings is 1. The highest BCUT2D eigenvalue weighted by Gasteiger charge is 2.11. The van der Waals surface area contributed by atoms with Crippen LogP contribution in [0.5, 0.6) is 0 Å². The van der Waals surface area contributed by atoms with E-state index in [2.05, 4.69) is 25.7 Å². The molecule has 0 amide bonds. The summed E-state index contributed by atoms with van der Waals surface area (Å²) in [6.45, 7) is -0.0227. The Labute approximate surface area is 164 Å². The number of nitrogens with one attached hydrogen (secondary N) is 1. The monoisotopic (exact) mass is 392 g/mol. The van der Waals surface area contributed by atoms with Crippen LogP contribution in [0.1, 0.15) is 5.69 Å². The lowest BCUT2D eigenvalue weighted by Gasteiger charge is -2.02. The molecule has 0 aliphatic carbocycles. The lowest BCUT2D eigenvalue weighted by molar-refractivity contribution is -0.146. The summed E-state index contributed by atoms with van der Waals surface area (Å²) < 4.78 is 5.26. The van der Waals surface area contributed by atoms with Crippen molar-refractivity contribution in [1.29, 1.82) is 0 Å². The topological polar surface area (TPSA) is 94.8 Å². The Morgan fingerprint density at radius 3 is 2.61 bits per heavy atom. The third-order valence-electron chi connectivity index (χ3n) is 3.71. The van der Waals surface area contributed by atoms with Gasteiger partial charge in [-0.25, -0.2) is 9.78 Å². The number of nitrogens with zero attached hydrogens (tertiary/aromatic N) is 5. The molecule has 0 unspecified atom stereocenters. The Bertz CT molecular complexity index is 1050. The second-order valence-corrected chi connectivity index (χ2v) is 6.66. The van der Waals surface area contributed by atoms with E-state index in [1.165, 1.54) is 16.1 Å². The highest BCUT2D eigenvalue weighted by atomic mass is 32.1. The number of anilines is 2. The Kier molecular flexibility index (Phi) is 5.34. The smallest absolute Gasteiger partial charge is 0.330 e. The van der Waals surface area contributed by atoms with Gasteiger partial charge >= 0.3 is 5.97 Å². The summed E-state index contributed by atoms with van der Waals surface area (Å²) in [4.78, 5) is 17.7. The largest absolute Gasteiger partial charge is 0.458 e. The van der Waals surface area contributed by atoms with Crippen LogP contribution in [0, 0.1) is 0 Å². The molecule has 4 aromatic rings. The van der Waals surface area contributed by atoms with Crippen molar-refractivity contribution in [1.82, 2.24) is 25.2 Å². The van der Waals surface area contributed by atoms with E-state index in [4.69, 9.17) is 4.74 Å². The van der Waals surface area contributed by atoms with Crippen molar-refractivity contribution in [3.63, 3.8) is 0 Å². The average molecular weight is 392 g/mol. The van der Waals surface area contributed by atoms with Crippen LogP contribution >= 0.6 is 11.3 Å². The van der Waals surface area contributed by atoms with Gasteiger partial charge in [0.05, 0.1) is 5.69 Å². The molecule has 2 aromatic carbocycles. The molecule has 28 heavy (non-hydrogen) atoms. The standard InChI is InChI=1S/C19H16N6O2S/c26-17(11-25-23-18(22-24-25)14-7-3-1-4-8-14)27-12-16-13-28-19(21-16)20-15-9-5-2-6-10-15/h1-10,13H,11-12H2,(H,20,21). The van der Waals surface area contributed by atoms with Gasteiger partial charge in [-0.1, -0.05) is 48.5 Å². The Morgan fingerprint density at radius 1 is 1.07 bits per heavy atom. The van der Waals surface area contributed by atoms with Crippen LogP contribution in [-0.4, -0.2) is 31.2 Å². The maximum atomic E-state index is 12.0. The van der Waals surface area contributed by atoms with Gasteiger partial charge in [-0.15, -0.1) is 21.5 Å². The lowest BCUT2D eigenvalue weighted by Crippen LogP contribution is -2.16. The summed E-state index contributed by atoms with van der Waals surface area (Å²) in [6.07, 6.45) is 0. The van der Waals surface area contributed by atoms with Gasteiger partial charge in [-0.3, -0.25) is 0 Å². The zero-order chi connectivity index (χ0) is 19.2. The molecule has 140 valence electrons. The molecule has 1 N–H and O–H groups in total. The van der Waals surface area contributed by atoms with Crippen LogP contribution in [0.3, 0.4) is 0 Å². The summed E-state index contributed by atoms with van der Waals surface area (Å²) in [7, 11) is 0. The van der Waals surface area contributed by atoms with Crippen LogP contribution in [0.2, 0.25) is 0 Å². The predicted octanol–water partition coefficient (Wildman–Crippen LogP) is 3.28. The fraction of sp³-hybridized carbons (Fsp3) is 0.105. The Morgan fingerprint density at radius 2 is 1.82 bits per heavy atom. The maximum absolute atomic E-state index is 12.0. The number of benzene rings is 2. The van der Waals surface area contributed by atoms with E-state index >= 15 is 0 Å². The van der Waals surface area contributed by atoms with E-state index in [0.717, 1.165) is 16.4 Å². The van der Waals surface area contributed by atoms with Gasteiger partial charge in [0, 0.05) is 16.6 Å². The second-order valence-electron chi connectivity index (χ2n) is 5.81. The van der Waals surface area contributed by atoms with Crippen molar-refractivity contribution in [2.45, 2.75) is 13.2 Å². The average Bonchev–Trinajstić information content (AvgIpc) is 3.37. The van der Waals surface area contributed by atoms with Crippen molar-refractivity contribution in [3.05, 3.63) is 71.7 Å². The quantitative estimate of drug-likeness (QED) is 0.482. The fourth-order valence-corrected chi connectivity index (χ4v) is 3.12. The molecule has 0 radical (unpaired) electrons. The van der Waals surface area contributed by atoms with E-state index in [0.29, 0.717) is 11.5 Å². The van der Waals surface area contributed by atoms with Crippen molar-refractivity contribution in [2.24, 2.45) is 0 Å². The number of para-hydroxylation sites is 1. The van der Waals surface area contributed by atoms with Gasteiger partial charge in [0.25, 0.3) is 0 Å². The molecule has 0 atom stereocenters. The Hall–Kier alpha value is -3.59. The number of thiazole rings is 1. The first kappa shape index (κ1) is 17.8. The van der Waals surface area contributed by atoms with Gasteiger partial charge < -0.3 is 10.1 Å². The molecular formula is C19H16N6O2S. The predicted molar refractivity (Wildman–Crippen MR) is 105 cm³/mol. The third-order valence-corrected chi connectivity index (χ3v) is 4.52. The molecule has 0 spiro atoms. The van der Waals surface area contributed by atoms with Crippen LogP contribution in [-0.2, 0) is 22.7 Å². The summed E-state index contributed by atoms with van der Waals surface area (Å²) >= 11 is 1.45. The number of aromatic nitrogens is 5. The first-order valence-corrected chi connectivity index (χ1v) is 9.39. The summed E-state index contributed by atoms with van der Waals surface area (Å²) in [6, 6.07) is 19.2. The van der Waals surface area contributed by atoms with Crippen LogP contribution in [0.25, 0.3) is 11.4 Å². The van der Waals surface area contributed by atoms with Gasteiger partial charge in [-0.2, -0.15) is 4.80 Å². The molecular weight excluding hydrogens is 376 g/mol. The van der Waals surface area contributed by atoms with E-state index in [9.17, 15) is 4.79 Å². The zero-order valence-corrected chi connectivity index (χ0v) is 15.5. The summed E-state index contributed by atoms with van der Waals surface area (Å²) in [5, 5.41) is 17.8.